The van der Waals surface area contributed by atoms with Gasteiger partial charge in [0, 0.05) is 10.2 Å². The number of amides is 2. The number of carboxylic acids is 1. The average Bonchev–Trinajstić information content (AvgIpc) is 2.37. The second-order valence-corrected chi connectivity index (χ2v) is 4.38. The summed E-state index contributed by atoms with van der Waals surface area (Å²) in [7, 11) is 0. The normalized spacial score (nSPS) is 9.79. The maximum Gasteiger partial charge on any atom is 0.336 e. The Bertz CT molecular complexity index is 519. The van der Waals surface area contributed by atoms with E-state index in [4.69, 9.17) is 10.8 Å². The van der Waals surface area contributed by atoms with E-state index in [1.807, 2.05) is 0 Å². The quantitative estimate of drug-likeness (QED) is 0.613. The minimum absolute atomic E-state index is 0.0313. The number of halogens is 1. The van der Waals surface area contributed by atoms with Crippen LogP contribution >= 0.6 is 15.9 Å². The zero-order chi connectivity index (χ0) is 14.4. The van der Waals surface area contributed by atoms with E-state index in [1.54, 1.807) is 6.07 Å². The van der Waals surface area contributed by atoms with Gasteiger partial charge in [0.15, 0.2) is 0 Å². The molecule has 1 rings (SSSR count). The van der Waals surface area contributed by atoms with Gasteiger partial charge in [-0.15, -0.1) is 0 Å². The largest absolute Gasteiger partial charge is 0.478 e. The summed E-state index contributed by atoms with van der Waals surface area (Å²) in [6.07, 6.45) is 0. The van der Waals surface area contributed by atoms with Crippen LogP contribution in [0.2, 0.25) is 0 Å². The highest BCUT2D eigenvalue weighted by Crippen LogP contribution is 2.21. The Kier molecular flexibility index (Phi) is 5.46. The zero-order valence-corrected chi connectivity index (χ0v) is 11.4. The number of hydrogen-bond donors (Lipinski definition) is 4. The lowest BCUT2D eigenvalue weighted by Gasteiger charge is -2.08. The Hall–Kier alpha value is -1.93. The van der Waals surface area contributed by atoms with Crippen molar-refractivity contribution in [1.29, 1.82) is 0 Å². The van der Waals surface area contributed by atoms with Crippen molar-refractivity contribution in [3.8, 4) is 0 Å². The molecule has 0 aliphatic rings. The molecule has 0 bridgehead atoms. The van der Waals surface area contributed by atoms with Gasteiger partial charge in [-0.25, -0.2) is 4.79 Å². The lowest BCUT2D eigenvalue weighted by atomic mass is 10.2. The van der Waals surface area contributed by atoms with Gasteiger partial charge in [-0.1, -0.05) is 0 Å². The van der Waals surface area contributed by atoms with Gasteiger partial charge >= 0.3 is 5.97 Å². The summed E-state index contributed by atoms with van der Waals surface area (Å²) < 4.78 is 0.412. The molecule has 1 aromatic carbocycles. The molecular formula is C11H12BrN3O4. The number of nitrogens with two attached hydrogens (primary N) is 1. The molecule has 0 atom stereocenters. The van der Waals surface area contributed by atoms with E-state index >= 15 is 0 Å². The number of benzene rings is 1. The van der Waals surface area contributed by atoms with Crippen molar-refractivity contribution in [1.82, 2.24) is 5.32 Å². The molecule has 0 saturated carbocycles. The summed E-state index contributed by atoms with van der Waals surface area (Å²) in [5.41, 5.74) is 5.42. The third-order valence-corrected chi connectivity index (χ3v) is 2.80. The summed E-state index contributed by atoms with van der Waals surface area (Å²) >= 11 is 3.09. The van der Waals surface area contributed by atoms with Crippen molar-refractivity contribution in [3.05, 3.63) is 28.2 Å². The first-order valence-electron chi connectivity index (χ1n) is 5.23. The van der Waals surface area contributed by atoms with Gasteiger partial charge in [-0.2, -0.15) is 0 Å². The van der Waals surface area contributed by atoms with Gasteiger partial charge < -0.3 is 21.5 Å². The van der Waals surface area contributed by atoms with Crippen molar-refractivity contribution in [2.24, 2.45) is 5.73 Å². The van der Waals surface area contributed by atoms with Crippen LogP contribution in [0.1, 0.15) is 10.4 Å². The third-order valence-electron chi connectivity index (χ3n) is 2.11. The number of carbonyl (C=O) groups excluding carboxylic acids is 2. The van der Waals surface area contributed by atoms with Crippen LogP contribution < -0.4 is 16.4 Å². The monoisotopic (exact) mass is 329 g/mol. The molecule has 0 saturated heterocycles. The first-order chi connectivity index (χ1) is 8.93. The molecule has 0 radical (unpaired) electrons. The maximum atomic E-state index is 11.5. The van der Waals surface area contributed by atoms with E-state index in [0.29, 0.717) is 10.2 Å². The fraction of sp³-hybridized carbons (Fsp3) is 0.182. The van der Waals surface area contributed by atoms with Gasteiger partial charge in [0.25, 0.3) is 0 Å². The molecule has 8 heteroatoms. The summed E-state index contributed by atoms with van der Waals surface area (Å²) in [6.45, 7) is -0.427. The second kappa shape index (κ2) is 6.86. The van der Waals surface area contributed by atoms with Gasteiger partial charge in [0.2, 0.25) is 11.8 Å². The average molecular weight is 330 g/mol. The van der Waals surface area contributed by atoms with Gasteiger partial charge in [-0.3, -0.25) is 9.59 Å². The Morgan fingerprint density at radius 2 is 1.95 bits per heavy atom. The third kappa shape index (κ3) is 4.68. The Balaban J connectivity index is 2.67. The first-order valence-corrected chi connectivity index (χ1v) is 6.02. The minimum atomic E-state index is -1.11. The Labute approximate surface area is 117 Å². The van der Waals surface area contributed by atoms with Crippen molar-refractivity contribution >= 4 is 39.4 Å². The highest BCUT2D eigenvalue weighted by atomic mass is 79.9. The van der Waals surface area contributed by atoms with E-state index in [1.165, 1.54) is 12.1 Å². The number of carboxylic acid groups (broad SMARTS) is 1. The topological polar surface area (TPSA) is 122 Å². The predicted molar refractivity (Wildman–Crippen MR) is 71.8 cm³/mol. The van der Waals surface area contributed by atoms with E-state index in [-0.39, 0.29) is 18.7 Å². The summed E-state index contributed by atoms with van der Waals surface area (Å²) in [5, 5.41) is 13.7. The number of aromatic carboxylic acids is 1. The molecule has 0 spiro atoms. The smallest absolute Gasteiger partial charge is 0.336 e. The van der Waals surface area contributed by atoms with Crippen LogP contribution in [0.5, 0.6) is 0 Å². The fourth-order valence-electron chi connectivity index (χ4n) is 1.22. The van der Waals surface area contributed by atoms with Gasteiger partial charge in [0.1, 0.15) is 0 Å². The van der Waals surface area contributed by atoms with Crippen molar-refractivity contribution in [2.75, 3.05) is 18.4 Å². The molecule has 102 valence electrons. The van der Waals surface area contributed by atoms with Crippen LogP contribution in [0.25, 0.3) is 0 Å². The molecule has 19 heavy (non-hydrogen) atoms. The standard InChI is InChI=1S/C11H12BrN3O4/c12-8-2-1-6(3-7(8)11(18)19)15-10(17)5-14-9(16)4-13/h1-3H,4-5,13H2,(H,14,16)(H,15,17)(H,18,19). The van der Waals surface area contributed by atoms with E-state index in [2.05, 4.69) is 26.6 Å². The van der Waals surface area contributed by atoms with Crippen LogP contribution in [-0.2, 0) is 9.59 Å². The van der Waals surface area contributed by atoms with Crippen molar-refractivity contribution in [2.45, 2.75) is 0 Å². The molecule has 0 unspecified atom stereocenters. The van der Waals surface area contributed by atoms with Crippen LogP contribution in [0.3, 0.4) is 0 Å². The summed E-state index contributed by atoms with van der Waals surface area (Å²) in [6, 6.07) is 4.37. The highest BCUT2D eigenvalue weighted by molar-refractivity contribution is 9.10. The molecular weight excluding hydrogens is 318 g/mol. The molecule has 2 amide bonds. The number of hydrogen-bond acceptors (Lipinski definition) is 4. The van der Waals surface area contributed by atoms with Gasteiger partial charge in [0.05, 0.1) is 18.7 Å². The van der Waals surface area contributed by atoms with Crippen LogP contribution in [0, 0.1) is 0 Å². The SMILES string of the molecule is NCC(=O)NCC(=O)Nc1ccc(Br)c(C(=O)O)c1. The lowest BCUT2D eigenvalue weighted by molar-refractivity contribution is -0.123. The molecule has 0 fully saturated rings. The number of anilines is 1. The Morgan fingerprint density at radius 3 is 2.53 bits per heavy atom. The van der Waals surface area contributed by atoms with E-state index in [9.17, 15) is 14.4 Å². The molecule has 0 aliphatic carbocycles. The van der Waals surface area contributed by atoms with Crippen molar-refractivity contribution < 1.29 is 19.5 Å². The highest BCUT2D eigenvalue weighted by Gasteiger charge is 2.10. The van der Waals surface area contributed by atoms with E-state index in [0.717, 1.165) is 0 Å². The van der Waals surface area contributed by atoms with Gasteiger partial charge in [-0.05, 0) is 34.1 Å². The molecule has 7 nitrogen and oxygen atoms in total. The van der Waals surface area contributed by atoms with Crippen molar-refractivity contribution in [3.63, 3.8) is 0 Å². The Morgan fingerprint density at radius 1 is 1.26 bits per heavy atom. The van der Waals surface area contributed by atoms with Crippen LogP contribution in [0.4, 0.5) is 5.69 Å². The number of carbonyl (C=O) groups is 3. The molecule has 0 aliphatic heterocycles. The van der Waals surface area contributed by atoms with E-state index < -0.39 is 17.8 Å². The summed E-state index contributed by atoms with van der Waals surface area (Å²) in [4.78, 5) is 33.2. The predicted octanol–water partition coefficient (Wildman–Crippen LogP) is 0.161. The second-order valence-electron chi connectivity index (χ2n) is 3.53. The number of rotatable bonds is 5. The molecule has 0 heterocycles. The van der Waals surface area contributed by atoms with Crippen LogP contribution in [-0.4, -0.2) is 36.0 Å². The maximum absolute atomic E-state index is 11.5. The lowest BCUT2D eigenvalue weighted by Crippen LogP contribution is -2.36. The first kappa shape index (κ1) is 15.1. The molecule has 1 aromatic rings. The molecule has 0 aromatic heterocycles. The minimum Gasteiger partial charge on any atom is -0.478 e. The molecule has 5 N–H and O–H groups in total. The van der Waals surface area contributed by atoms with Crippen LogP contribution in [0.15, 0.2) is 22.7 Å². The zero-order valence-electron chi connectivity index (χ0n) is 9.77. The fourth-order valence-corrected chi connectivity index (χ4v) is 1.64. The summed E-state index contributed by atoms with van der Waals surface area (Å²) in [5.74, 6) is -2.03. The number of nitrogens with one attached hydrogen (secondary N) is 2.